The highest BCUT2D eigenvalue weighted by Gasteiger charge is 2.26. The van der Waals surface area contributed by atoms with Crippen molar-refractivity contribution >= 4 is 28.0 Å². The molecule has 1 aromatic carbocycles. The third-order valence-electron chi connectivity index (χ3n) is 5.03. The Balaban J connectivity index is 1.76. The van der Waals surface area contributed by atoms with Crippen LogP contribution in [-0.2, 0) is 13.1 Å². The SMILES string of the molecule is CNC(=O)c1nn(CN2CCc3sccc3[C@@H]2C)c(=O)c2ccccc12. The molecule has 3 aromatic rings. The molecule has 1 atom stereocenters. The topological polar surface area (TPSA) is 67.2 Å². The summed E-state index contributed by atoms with van der Waals surface area (Å²) in [6, 6.07) is 9.50. The number of nitrogens with zero attached hydrogens (tertiary/aromatic N) is 3. The Kier molecular flexibility index (Phi) is 4.34. The maximum atomic E-state index is 12.9. The molecule has 0 saturated carbocycles. The summed E-state index contributed by atoms with van der Waals surface area (Å²) in [7, 11) is 1.57. The molecule has 1 N–H and O–H groups in total. The van der Waals surface area contributed by atoms with Gasteiger partial charge in [-0.25, -0.2) is 4.68 Å². The van der Waals surface area contributed by atoms with Crippen molar-refractivity contribution in [2.24, 2.45) is 0 Å². The van der Waals surface area contributed by atoms with Crippen LogP contribution in [-0.4, -0.2) is 34.2 Å². The van der Waals surface area contributed by atoms with E-state index in [0.29, 0.717) is 17.4 Å². The summed E-state index contributed by atoms with van der Waals surface area (Å²) < 4.78 is 1.42. The van der Waals surface area contributed by atoms with Gasteiger partial charge in [-0.2, -0.15) is 5.10 Å². The van der Waals surface area contributed by atoms with Gasteiger partial charge >= 0.3 is 0 Å². The van der Waals surface area contributed by atoms with Crippen LogP contribution in [0.2, 0.25) is 0 Å². The molecule has 0 unspecified atom stereocenters. The zero-order chi connectivity index (χ0) is 18.3. The molecule has 1 aliphatic rings. The van der Waals surface area contributed by atoms with E-state index in [1.54, 1.807) is 30.5 Å². The van der Waals surface area contributed by atoms with Gasteiger partial charge in [0.25, 0.3) is 11.5 Å². The highest BCUT2D eigenvalue weighted by Crippen LogP contribution is 2.32. The first-order valence-corrected chi connectivity index (χ1v) is 9.50. The van der Waals surface area contributed by atoms with E-state index in [4.69, 9.17) is 0 Å². The zero-order valence-electron chi connectivity index (χ0n) is 14.7. The minimum absolute atomic E-state index is 0.170. The Bertz CT molecular complexity index is 1040. The summed E-state index contributed by atoms with van der Waals surface area (Å²) in [5, 5.41) is 10.2. The second-order valence-corrected chi connectivity index (χ2v) is 7.46. The number of carbonyl (C=O) groups excluding carboxylic acids is 1. The maximum Gasteiger partial charge on any atom is 0.275 e. The average molecular weight is 368 g/mol. The molecule has 0 spiro atoms. The van der Waals surface area contributed by atoms with Gasteiger partial charge in [-0.1, -0.05) is 18.2 Å². The van der Waals surface area contributed by atoms with Gasteiger partial charge in [-0.05, 0) is 36.4 Å². The second-order valence-electron chi connectivity index (χ2n) is 6.46. The van der Waals surface area contributed by atoms with E-state index in [-0.39, 0.29) is 23.2 Å². The highest BCUT2D eigenvalue weighted by atomic mass is 32.1. The Morgan fingerprint density at radius 1 is 1.31 bits per heavy atom. The van der Waals surface area contributed by atoms with Crippen LogP contribution in [0.15, 0.2) is 40.5 Å². The quantitative estimate of drug-likeness (QED) is 0.771. The monoisotopic (exact) mass is 368 g/mol. The van der Waals surface area contributed by atoms with Crippen LogP contribution >= 0.6 is 11.3 Å². The summed E-state index contributed by atoms with van der Waals surface area (Å²) in [5.41, 5.74) is 1.43. The third kappa shape index (κ3) is 2.73. The van der Waals surface area contributed by atoms with Crippen LogP contribution in [0.5, 0.6) is 0 Å². The number of hydrogen-bond donors (Lipinski definition) is 1. The van der Waals surface area contributed by atoms with Crippen LogP contribution < -0.4 is 10.9 Å². The Hall–Kier alpha value is -2.51. The number of nitrogens with one attached hydrogen (secondary N) is 1. The van der Waals surface area contributed by atoms with Crippen molar-refractivity contribution < 1.29 is 4.79 Å². The first kappa shape index (κ1) is 16.9. The summed E-state index contributed by atoms with van der Waals surface area (Å²) in [6.07, 6.45) is 0.974. The van der Waals surface area contributed by atoms with E-state index < -0.39 is 0 Å². The average Bonchev–Trinajstić information content (AvgIpc) is 3.15. The summed E-state index contributed by atoms with van der Waals surface area (Å²) in [4.78, 5) is 28.8. The van der Waals surface area contributed by atoms with Gasteiger partial charge in [0.05, 0.1) is 12.1 Å². The molecule has 3 heterocycles. The maximum absolute atomic E-state index is 12.9. The lowest BCUT2D eigenvalue weighted by Gasteiger charge is -2.33. The van der Waals surface area contributed by atoms with Crippen molar-refractivity contribution in [1.29, 1.82) is 0 Å². The predicted octanol–water partition coefficient (Wildman–Crippen LogP) is 2.39. The van der Waals surface area contributed by atoms with Crippen molar-refractivity contribution in [3.8, 4) is 0 Å². The minimum Gasteiger partial charge on any atom is -0.354 e. The fraction of sp³-hybridized carbons (Fsp3) is 0.316. The number of aromatic nitrogens is 2. The number of amides is 1. The van der Waals surface area contributed by atoms with Gasteiger partial charge in [0.2, 0.25) is 0 Å². The van der Waals surface area contributed by atoms with E-state index in [1.165, 1.54) is 15.1 Å². The van der Waals surface area contributed by atoms with Crippen LogP contribution in [0.25, 0.3) is 10.8 Å². The fourth-order valence-electron chi connectivity index (χ4n) is 3.54. The number of benzene rings is 1. The van der Waals surface area contributed by atoms with Crippen LogP contribution in [0.4, 0.5) is 0 Å². The van der Waals surface area contributed by atoms with Crippen LogP contribution in [0.3, 0.4) is 0 Å². The molecule has 0 aliphatic carbocycles. The van der Waals surface area contributed by atoms with Gasteiger partial charge in [0, 0.05) is 29.9 Å². The van der Waals surface area contributed by atoms with Crippen molar-refractivity contribution in [3.63, 3.8) is 0 Å². The van der Waals surface area contributed by atoms with Crippen molar-refractivity contribution in [2.75, 3.05) is 13.6 Å². The molecule has 1 amide bonds. The molecule has 0 saturated heterocycles. The summed E-state index contributed by atoms with van der Waals surface area (Å²) in [5.74, 6) is -0.290. The zero-order valence-corrected chi connectivity index (χ0v) is 15.5. The number of rotatable bonds is 3. The van der Waals surface area contributed by atoms with Gasteiger partial charge in [0.15, 0.2) is 5.69 Å². The van der Waals surface area contributed by atoms with E-state index >= 15 is 0 Å². The van der Waals surface area contributed by atoms with Gasteiger partial charge in [-0.3, -0.25) is 14.5 Å². The van der Waals surface area contributed by atoms with Crippen molar-refractivity contribution in [1.82, 2.24) is 20.0 Å². The number of thiophene rings is 1. The third-order valence-corrected chi connectivity index (χ3v) is 6.03. The molecule has 0 fully saturated rings. The molecule has 4 rings (SSSR count). The van der Waals surface area contributed by atoms with Crippen molar-refractivity contribution in [3.05, 3.63) is 62.2 Å². The highest BCUT2D eigenvalue weighted by molar-refractivity contribution is 7.10. The molecule has 0 radical (unpaired) electrons. The van der Waals surface area contributed by atoms with E-state index in [1.807, 2.05) is 12.1 Å². The van der Waals surface area contributed by atoms with Gasteiger partial charge in [-0.15, -0.1) is 11.3 Å². The molecule has 2 aromatic heterocycles. The summed E-state index contributed by atoms with van der Waals surface area (Å²) >= 11 is 1.79. The number of hydrogen-bond acceptors (Lipinski definition) is 5. The lowest BCUT2D eigenvalue weighted by molar-refractivity contribution is 0.0953. The normalized spacial score (nSPS) is 17.2. The van der Waals surface area contributed by atoms with Gasteiger partial charge < -0.3 is 5.32 Å². The smallest absolute Gasteiger partial charge is 0.275 e. The molecule has 6 nitrogen and oxygen atoms in total. The van der Waals surface area contributed by atoms with E-state index in [2.05, 4.69) is 33.7 Å². The molecular weight excluding hydrogens is 348 g/mol. The minimum atomic E-state index is -0.290. The number of fused-ring (bicyclic) bond motifs is 2. The standard InChI is InChI=1S/C19H20N4O2S/c1-12-13-8-10-26-16(13)7-9-22(12)11-23-19(25)15-6-4-3-5-14(15)17(21-23)18(24)20-2/h3-6,8,10,12H,7,9,11H2,1-2H3,(H,20,24)/t12-/m0/s1. The van der Waals surface area contributed by atoms with Crippen LogP contribution in [0, 0.1) is 0 Å². The summed E-state index contributed by atoms with van der Waals surface area (Å²) in [6.45, 7) is 3.38. The van der Waals surface area contributed by atoms with Gasteiger partial charge in [0.1, 0.15) is 0 Å². The van der Waals surface area contributed by atoms with Crippen molar-refractivity contribution in [2.45, 2.75) is 26.1 Å². The second kappa shape index (κ2) is 6.66. The number of carbonyl (C=O) groups is 1. The van der Waals surface area contributed by atoms with E-state index in [9.17, 15) is 9.59 Å². The molecule has 26 heavy (non-hydrogen) atoms. The first-order chi connectivity index (χ1) is 12.6. The molecule has 0 bridgehead atoms. The lowest BCUT2D eigenvalue weighted by atomic mass is 10.0. The Labute approximate surface area is 155 Å². The molecular formula is C19H20N4O2S. The Morgan fingerprint density at radius 2 is 2.08 bits per heavy atom. The Morgan fingerprint density at radius 3 is 2.85 bits per heavy atom. The molecule has 7 heteroatoms. The lowest BCUT2D eigenvalue weighted by Crippen LogP contribution is -2.39. The largest absolute Gasteiger partial charge is 0.354 e. The molecule has 134 valence electrons. The first-order valence-electron chi connectivity index (χ1n) is 8.62. The predicted molar refractivity (Wildman–Crippen MR) is 103 cm³/mol. The van der Waals surface area contributed by atoms with Crippen LogP contribution in [0.1, 0.15) is 33.9 Å². The molecule has 1 aliphatic heterocycles. The fourth-order valence-corrected chi connectivity index (χ4v) is 4.51. The van der Waals surface area contributed by atoms with E-state index in [0.717, 1.165) is 13.0 Å².